The highest BCUT2D eigenvalue weighted by Crippen LogP contribution is 2.21. The average molecular weight is 344 g/mol. The summed E-state index contributed by atoms with van der Waals surface area (Å²) in [5, 5.41) is 3.00. The highest BCUT2D eigenvalue weighted by Gasteiger charge is 2.09. The minimum absolute atomic E-state index is 0.0310. The van der Waals surface area contributed by atoms with Crippen LogP contribution in [0.5, 0.6) is 0 Å². The van der Waals surface area contributed by atoms with E-state index in [1.54, 1.807) is 12.1 Å². The number of carbonyl (C=O) groups excluding carboxylic acids is 1. The number of nitrogens with two attached hydrogens (primary N) is 1. The number of amides is 1. The number of anilines is 2. The Balaban J connectivity index is 2.22. The molecule has 3 nitrogen and oxygen atoms in total. The van der Waals surface area contributed by atoms with Crippen molar-refractivity contribution < 1.29 is 9.18 Å². The molecule has 0 atom stereocenters. The Kier molecular flexibility index (Phi) is 4.07. The SMILES string of the molecule is Nc1ccc(NC(=O)c2cc(Cl)cc(Br)c2)cc1F. The normalized spacial score (nSPS) is 10.3. The molecule has 98 valence electrons. The minimum Gasteiger partial charge on any atom is -0.396 e. The van der Waals surface area contributed by atoms with Gasteiger partial charge in [-0.2, -0.15) is 0 Å². The number of nitrogen functional groups attached to an aromatic ring is 1. The smallest absolute Gasteiger partial charge is 0.255 e. The number of hydrogen-bond acceptors (Lipinski definition) is 2. The van der Waals surface area contributed by atoms with E-state index in [2.05, 4.69) is 21.2 Å². The Morgan fingerprint density at radius 1 is 1.26 bits per heavy atom. The van der Waals surface area contributed by atoms with Gasteiger partial charge in [-0.15, -0.1) is 0 Å². The molecule has 0 aromatic heterocycles. The van der Waals surface area contributed by atoms with Crippen LogP contribution in [0.1, 0.15) is 10.4 Å². The molecule has 0 saturated heterocycles. The van der Waals surface area contributed by atoms with Crippen molar-refractivity contribution in [1.29, 1.82) is 0 Å². The number of halogens is 3. The lowest BCUT2D eigenvalue weighted by Gasteiger charge is -2.07. The zero-order valence-electron chi connectivity index (χ0n) is 9.58. The number of nitrogens with one attached hydrogen (secondary N) is 1. The van der Waals surface area contributed by atoms with E-state index >= 15 is 0 Å². The molecule has 0 radical (unpaired) electrons. The second kappa shape index (κ2) is 5.59. The van der Waals surface area contributed by atoms with E-state index in [9.17, 15) is 9.18 Å². The maximum Gasteiger partial charge on any atom is 0.255 e. The monoisotopic (exact) mass is 342 g/mol. The summed E-state index contributed by atoms with van der Waals surface area (Å²) < 4.78 is 13.9. The predicted octanol–water partition coefficient (Wildman–Crippen LogP) is 4.08. The molecule has 2 rings (SSSR count). The molecular formula is C13H9BrClFN2O. The first-order valence-electron chi connectivity index (χ1n) is 5.28. The van der Waals surface area contributed by atoms with Gasteiger partial charge >= 0.3 is 0 Å². The van der Waals surface area contributed by atoms with Crippen molar-refractivity contribution in [3.63, 3.8) is 0 Å². The maximum atomic E-state index is 13.3. The number of benzene rings is 2. The van der Waals surface area contributed by atoms with Crippen LogP contribution in [0.4, 0.5) is 15.8 Å². The minimum atomic E-state index is -0.579. The molecule has 0 fully saturated rings. The predicted molar refractivity (Wildman–Crippen MR) is 77.9 cm³/mol. The Hall–Kier alpha value is -1.59. The fourth-order valence-corrected chi connectivity index (χ4v) is 2.35. The lowest BCUT2D eigenvalue weighted by molar-refractivity contribution is 0.102. The molecular weight excluding hydrogens is 335 g/mol. The third-order valence-electron chi connectivity index (χ3n) is 2.38. The van der Waals surface area contributed by atoms with E-state index in [0.29, 0.717) is 20.7 Å². The van der Waals surface area contributed by atoms with E-state index in [4.69, 9.17) is 17.3 Å². The van der Waals surface area contributed by atoms with Gasteiger partial charge in [0.25, 0.3) is 5.91 Å². The van der Waals surface area contributed by atoms with Crippen molar-refractivity contribution in [2.45, 2.75) is 0 Å². The highest BCUT2D eigenvalue weighted by atomic mass is 79.9. The van der Waals surface area contributed by atoms with Gasteiger partial charge in [0.05, 0.1) is 5.69 Å². The van der Waals surface area contributed by atoms with Crippen LogP contribution in [-0.4, -0.2) is 5.91 Å². The molecule has 1 amide bonds. The molecule has 0 aliphatic heterocycles. The summed E-state index contributed by atoms with van der Waals surface area (Å²) in [7, 11) is 0. The lowest BCUT2D eigenvalue weighted by Crippen LogP contribution is -2.12. The van der Waals surface area contributed by atoms with Crippen LogP contribution in [0.15, 0.2) is 40.9 Å². The van der Waals surface area contributed by atoms with E-state index < -0.39 is 5.82 Å². The zero-order valence-corrected chi connectivity index (χ0v) is 11.9. The molecule has 0 heterocycles. The molecule has 3 N–H and O–H groups in total. The average Bonchev–Trinajstić information content (AvgIpc) is 2.32. The van der Waals surface area contributed by atoms with E-state index in [-0.39, 0.29) is 11.6 Å². The van der Waals surface area contributed by atoms with E-state index in [1.165, 1.54) is 18.2 Å². The summed E-state index contributed by atoms with van der Waals surface area (Å²) in [6.45, 7) is 0. The third-order valence-corrected chi connectivity index (χ3v) is 3.06. The fraction of sp³-hybridized carbons (Fsp3) is 0. The second-order valence-electron chi connectivity index (χ2n) is 3.85. The van der Waals surface area contributed by atoms with Gasteiger partial charge in [-0.1, -0.05) is 27.5 Å². The topological polar surface area (TPSA) is 55.1 Å². The Labute approximate surface area is 122 Å². The van der Waals surface area contributed by atoms with Crippen LogP contribution >= 0.6 is 27.5 Å². The second-order valence-corrected chi connectivity index (χ2v) is 5.20. The fourth-order valence-electron chi connectivity index (χ4n) is 1.49. The lowest BCUT2D eigenvalue weighted by atomic mass is 10.2. The van der Waals surface area contributed by atoms with Crippen molar-refractivity contribution in [2.75, 3.05) is 11.1 Å². The molecule has 2 aromatic rings. The van der Waals surface area contributed by atoms with Crippen LogP contribution in [0.2, 0.25) is 5.02 Å². The summed E-state index contributed by atoms with van der Waals surface area (Å²) in [6, 6.07) is 8.88. The van der Waals surface area contributed by atoms with E-state index in [1.807, 2.05) is 0 Å². The highest BCUT2D eigenvalue weighted by molar-refractivity contribution is 9.10. The van der Waals surface area contributed by atoms with Crippen molar-refractivity contribution in [2.24, 2.45) is 0 Å². The van der Waals surface area contributed by atoms with Crippen molar-refractivity contribution in [1.82, 2.24) is 0 Å². The van der Waals surface area contributed by atoms with Gasteiger partial charge in [0.2, 0.25) is 0 Å². The quantitative estimate of drug-likeness (QED) is 0.807. The molecule has 0 bridgehead atoms. The van der Waals surface area contributed by atoms with Gasteiger partial charge < -0.3 is 11.1 Å². The number of rotatable bonds is 2. The standard InChI is InChI=1S/C13H9BrClFN2O/c14-8-3-7(4-9(15)5-8)13(19)18-10-1-2-12(17)11(16)6-10/h1-6H,17H2,(H,18,19). The third kappa shape index (κ3) is 3.45. The molecule has 2 aromatic carbocycles. The van der Waals surface area contributed by atoms with Gasteiger partial charge in [0.15, 0.2) is 0 Å². The van der Waals surface area contributed by atoms with E-state index in [0.717, 1.165) is 6.07 Å². The molecule has 0 aliphatic carbocycles. The molecule has 0 aliphatic rings. The summed E-state index contributed by atoms with van der Waals surface area (Å²) in [4.78, 5) is 12.0. The number of carbonyl (C=O) groups is 1. The van der Waals surface area contributed by atoms with Crippen molar-refractivity contribution >= 4 is 44.8 Å². The van der Waals surface area contributed by atoms with Crippen LogP contribution in [-0.2, 0) is 0 Å². The first kappa shape index (κ1) is 13.8. The van der Waals surface area contributed by atoms with Crippen LogP contribution < -0.4 is 11.1 Å². The van der Waals surface area contributed by atoms with Crippen LogP contribution in [0, 0.1) is 5.82 Å². The molecule has 0 unspecified atom stereocenters. The molecule has 19 heavy (non-hydrogen) atoms. The Morgan fingerprint density at radius 2 is 2.00 bits per heavy atom. The molecule has 0 spiro atoms. The van der Waals surface area contributed by atoms with Gasteiger partial charge in [-0.05, 0) is 36.4 Å². The molecule has 6 heteroatoms. The largest absolute Gasteiger partial charge is 0.396 e. The van der Waals surface area contributed by atoms with Gasteiger partial charge in [0.1, 0.15) is 5.82 Å². The summed E-state index contributed by atoms with van der Waals surface area (Å²) in [6.07, 6.45) is 0. The van der Waals surface area contributed by atoms with Crippen LogP contribution in [0.25, 0.3) is 0 Å². The van der Waals surface area contributed by atoms with Crippen molar-refractivity contribution in [3.8, 4) is 0 Å². The van der Waals surface area contributed by atoms with Gasteiger partial charge in [-0.25, -0.2) is 4.39 Å². The van der Waals surface area contributed by atoms with Gasteiger partial charge in [0, 0.05) is 20.7 Å². The Morgan fingerprint density at radius 3 is 2.63 bits per heavy atom. The number of hydrogen-bond donors (Lipinski definition) is 2. The first-order chi connectivity index (χ1) is 8.95. The maximum absolute atomic E-state index is 13.3. The van der Waals surface area contributed by atoms with Crippen molar-refractivity contribution in [3.05, 3.63) is 57.3 Å². The Bertz CT molecular complexity index is 628. The summed E-state index contributed by atoms with van der Waals surface area (Å²) in [5.74, 6) is -0.961. The first-order valence-corrected chi connectivity index (χ1v) is 6.45. The molecule has 0 saturated carbocycles. The zero-order chi connectivity index (χ0) is 14.0. The van der Waals surface area contributed by atoms with Crippen LogP contribution in [0.3, 0.4) is 0 Å². The summed E-state index contributed by atoms with van der Waals surface area (Å²) >= 11 is 9.10. The summed E-state index contributed by atoms with van der Waals surface area (Å²) in [5.41, 5.74) is 6.09. The van der Waals surface area contributed by atoms with Gasteiger partial charge in [-0.3, -0.25) is 4.79 Å².